The number of aryl methyl sites for hydroxylation is 1. The van der Waals surface area contributed by atoms with Crippen LogP contribution in [0.15, 0.2) is 42.5 Å². The molecule has 3 nitrogen and oxygen atoms in total. The van der Waals surface area contributed by atoms with Gasteiger partial charge in [-0.1, -0.05) is 29.8 Å². The van der Waals surface area contributed by atoms with Crippen molar-refractivity contribution in [3.05, 3.63) is 53.6 Å². The molecule has 0 saturated heterocycles. The molecule has 5 heteroatoms. The number of ether oxygens (including phenoxy) is 2. The molecule has 3 rings (SSSR count). The monoisotopic (exact) mass is 291 g/mol. The van der Waals surface area contributed by atoms with Crippen LogP contribution in [-0.2, 0) is 0 Å². The van der Waals surface area contributed by atoms with Crippen LogP contribution in [0.3, 0.4) is 0 Å². The van der Waals surface area contributed by atoms with Gasteiger partial charge in [0.1, 0.15) is 0 Å². The molecular weight excluding hydrogens is 276 g/mol. The molecular formula is C16H15F2NO2. The molecule has 1 aliphatic heterocycles. The first-order chi connectivity index (χ1) is 9.93. The number of alkyl halides is 2. The lowest BCUT2D eigenvalue weighted by atomic mass is 10.1. The lowest BCUT2D eigenvalue weighted by molar-refractivity contribution is -0.286. The third-order valence-electron chi connectivity index (χ3n) is 3.33. The van der Waals surface area contributed by atoms with Crippen LogP contribution in [0.1, 0.15) is 24.1 Å². The minimum absolute atomic E-state index is 0.0430. The quantitative estimate of drug-likeness (QED) is 0.903. The summed E-state index contributed by atoms with van der Waals surface area (Å²) in [4.78, 5) is 0. The second kappa shape index (κ2) is 4.91. The normalized spacial score (nSPS) is 16.6. The predicted molar refractivity (Wildman–Crippen MR) is 75.9 cm³/mol. The number of benzene rings is 2. The van der Waals surface area contributed by atoms with Crippen LogP contribution < -0.4 is 14.8 Å². The summed E-state index contributed by atoms with van der Waals surface area (Å²) >= 11 is 0. The molecule has 0 amide bonds. The highest BCUT2D eigenvalue weighted by molar-refractivity contribution is 5.56. The fourth-order valence-electron chi connectivity index (χ4n) is 2.31. The fourth-order valence-corrected chi connectivity index (χ4v) is 2.31. The summed E-state index contributed by atoms with van der Waals surface area (Å²) in [6, 6.07) is 12.8. The zero-order chi connectivity index (χ0) is 15.0. The van der Waals surface area contributed by atoms with E-state index in [1.54, 1.807) is 6.07 Å². The lowest BCUT2D eigenvalue weighted by Gasteiger charge is -2.16. The van der Waals surface area contributed by atoms with E-state index in [1.807, 2.05) is 32.0 Å². The maximum Gasteiger partial charge on any atom is 0.586 e. The van der Waals surface area contributed by atoms with Crippen LogP contribution in [0.4, 0.5) is 14.5 Å². The molecule has 0 radical (unpaired) electrons. The molecule has 2 aromatic carbocycles. The molecule has 1 atom stereocenters. The van der Waals surface area contributed by atoms with Crippen LogP contribution >= 0.6 is 0 Å². The standard InChI is InChI=1S/C16H15F2NO2/c1-10-4-3-5-12(8-10)11(2)19-13-6-7-14-15(9-13)21-16(17,18)20-14/h3-9,11,19H,1-2H3. The maximum absolute atomic E-state index is 13.0. The van der Waals surface area contributed by atoms with Gasteiger partial charge in [0, 0.05) is 17.8 Å². The molecule has 110 valence electrons. The topological polar surface area (TPSA) is 30.5 Å². The smallest absolute Gasteiger partial charge is 0.395 e. The van der Waals surface area contributed by atoms with Gasteiger partial charge in [0.05, 0.1) is 0 Å². The first kappa shape index (κ1) is 13.7. The number of hydrogen-bond donors (Lipinski definition) is 1. The van der Waals surface area contributed by atoms with E-state index in [2.05, 4.69) is 20.9 Å². The Hall–Kier alpha value is -2.30. The Balaban J connectivity index is 1.77. The van der Waals surface area contributed by atoms with Gasteiger partial charge in [-0.25, -0.2) is 0 Å². The molecule has 0 fully saturated rings. The number of anilines is 1. The highest BCUT2D eigenvalue weighted by atomic mass is 19.3. The number of rotatable bonds is 3. The number of halogens is 2. The van der Waals surface area contributed by atoms with Gasteiger partial charge in [0.15, 0.2) is 11.5 Å². The summed E-state index contributed by atoms with van der Waals surface area (Å²) in [5.41, 5.74) is 2.99. The van der Waals surface area contributed by atoms with Crippen molar-refractivity contribution in [2.45, 2.75) is 26.2 Å². The number of hydrogen-bond acceptors (Lipinski definition) is 3. The van der Waals surface area contributed by atoms with Gasteiger partial charge < -0.3 is 14.8 Å². The minimum Gasteiger partial charge on any atom is -0.395 e. The second-order valence-electron chi connectivity index (χ2n) is 5.11. The van der Waals surface area contributed by atoms with E-state index >= 15 is 0 Å². The Morgan fingerprint density at radius 2 is 1.81 bits per heavy atom. The molecule has 0 aromatic heterocycles. The number of fused-ring (bicyclic) bond motifs is 1. The maximum atomic E-state index is 13.0. The van der Waals surface area contributed by atoms with Crippen molar-refractivity contribution >= 4 is 5.69 Å². The van der Waals surface area contributed by atoms with Gasteiger partial charge in [0.2, 0.25) is 0 Å². The molecule has 1 aliphatic rings. The van der Waals surface area contributed by atoms with Gasteiger partial charge in [-0.15, -0.1) is 8.78 Å². The van der Waals surface area contributed by atoms with Crippen molar-refractivity contribution in [3.8, 4) is 11.5 Å². The summed E-state index contributed by atoms with van der Waals surface area (Å²) in [7, 11) is 0. The van der Waals surface area contributed by atoms with E-state index in [0.717, 1.165) is 5.56 Å². The van der Waals surface area contributed by atoms with E-state index < -0.39 is 6.29 Å². The Labute approximate surface area is 121 Å². The summed E-state index contributed by atoms with van der Waals surface area (Å²) < 4.78 is 34.8. The van der Waals surface area contributed by atoms with E-state index in [-0.39, 0.29) is 17.5 Å². The molecule has 0 bridgehead atoms. The Kier molecular flexibility index (Phi) is 3.20. The molecule has 1 heterocycles. The minimum atomic E-state index is -3.58. The number of nitrogens with one attached hydrogen (secondary N) is 1. The third kappa shape index (κ3) is 2.91. The zero-order valence-electron chi connectivity index (χ0n) is 11.7. The van der Waals surface area contributed by atoms with Crippen molar-refractivity contribution < 1.29 is 18.3 Å². The average molecular weight is 291 g/mol. The van der Waals surface area contributed by atoms with E-state index in [1.165, 1.54) is 17.7 Å². The van der Waals surface area contributed by atoms with Crippen molar-refractivity contribution in [3.63, 3.8) is 0 Å². The van der Waals surface area contributed by atoms with Crippen molar-refractivity contribution in [2.75, 3.05) is 5.32 Å². The van der Waals surface area contributed by atoms with Gasteiger partial charge in [-0.05, 0) is 31.5 Å². The average Bonchev–Trinajstić information content (AvgIpc) is 2.72. The molecule has 0 spiro atoms. The second-order valence-corrected chi connectivity index (χ2v) is 5.11. The van der Waals surface area contributed by atoms with Crippen LogP contribution in [0.5, 0.6) is 11.5 Å². The van der Waals surface area contributed by atoms with Gasteiger partial charge in [-0.3, -0.25) is 0 Å². The van der Waals surface area contributed by atoms with Crippen LogP contribution in [0.2, 0.25) is 0 Å². The molecule has 2 aromatic rings. The zero-order valence-corrected chi connectivity index (χ0v) is 11.7. The van der Waals surface area contributed by atoms with Crippen LogP contribution in [0, 0.1) is 6.92 Å². The fraction of sp³-hybridized carbons (Fsp3) is 0.250. The van der Waals surface area contributed by atoms with Gasteiger partial charge in [-0.2, -0.15) is 0 Å². The van der Waals surface area contributed by atoms with E-state index in [0.29, 0.717) is 5.69 Å². The Bertz CT molecular complexity index is 673. The Morgan fingerprint density at radius 3 is 2.57 bits per heavy atom. The summed E-state index contributed by atoms with van der Waals surface area (Å²) in [5.74, 6) is 0.0928. The lowest BCUT2D eigenvalue weighted by Crippen LogP contribution is -2.25. The third-order valence-corrected chi connectivity index (χ3v) is 3.33. The Morgan fingerprint density at radius 1 is 1.05 bits per heavy atom. The SMILES string of the molecule is Cc1cccc(C(C)Nc2ccc3c(c2)OC(F)(F)O3)c1. The molecule has 0 aliphatic carbocycles. The largest absolute Gasteiger partial charge is 0.586 e. The highest BCUT2D eigenvalue weighted by Crippen LogP contribution is 2.42. The van der Waals surface area contributed by atoms with Crippen LogP contribution in [0.25, 0.3) is 0 Å². The van der Waals surface area contributed by atoms with Crippen molar-refractivity contribution in [1.82, 2.24) is 0 Å². The first-order valence-electron chi connectivity index (χ1n) is 6.66. The summed E-state index contributed by atoms with van der Waals surface area (Å²) in [6.45, 7) is 4.03. The van der Waals surface area contributed by atoms with Crippen LogP contribution in [-0.4, -0.2) is 6.29 Å². The highest BCUT2D eigenvalue weighted by Gasteiger charge is 2.43. The molecule has 21 heavy (non-hydrogen) atoms. The molecule has 1 N–H and O–H groups in total. The molecule has 0 saturated carbocycles. The molecule has 1 unspecified atom stereocenters. The van der Waals surface area contributed by atoms with Crippen molar-refractivity contribution in [2.24, 2.45) is 0 Å². The van der Waals surface area contributed by atoms with Gasteiger partial charge in [0.25, 0.3) is 0 Å². The summed E-state index contributed by atoms with van der Waals surface area (Å²) in [5, 5.41) is 3.26. The van der Waals surface area contributed by atoms with Crippen molar-refractivity contribution in [1.29, 1.82) is 0 Å². The van der Waals surface area contributed by atoms with E-state index in [9.17, 15) is 8.78 Å². The van der Waals surface area contributed by atoms with Gasteiger partial charge >= 0.3 is 6.29 Å². The first-order valence-corrected chi connectivity index (χ1v) is 6.66. The van der Waals surface area contributed by atoms with E-state index in [4.69, 9.17) is 0 Å². The summed E-state index contributed by atoms with van der Waals surface area (Å²) in [6.07, 6.45) is -3.58. The predicted octanol–water partition coefficient (Wildman–Crippen LogP) is 4.49.